The number of carbonyl (C=O) groups is 1. The molecule has 2 aromatic rings. The van der Waals surface area contributed by atoms with Crippen LogP contribution in [-0.2, 0) is 0 Å². The van der Waals surface area contributed by atoms with Crippen molar-refractivity contribution in [3.63, 3.8) is 0 Å². The number of aromatic nitrogens is 2. The zero-order valence-electron chi connectivity index (χ0n) is 13.9. The first-order chi connectivity index (χ1) is 11.0. The Bertz CT molecular complexity index is 736. The Kier molecular flexibility index (Phi) is 4.28. The summed E-state index contributed by atoms with van der Waals surface area (Å²) in [4.78, 5) is 23.7. The van der Waals surface area contributed by atoms with Gasteiger partial charge in [0.25, 0.3) is 5.91 Å². The summed E-state index contributed by atoms with van der Waals surface area (Å²) < 4.78 is 0. The van der Waals surface area contributed by atoms with E-state index in [4.69, 9.17) is 0 Å². The number of rotatable bonds is 3. The van der Waals surface area contributed by atoms with Crippen LogP contribution in [0.2, 0.25) is 0 Å². The van der Waals surface area contributed by atoms with Crippen molar-refractivity contribution in [3.05, 3.63) is 46.8 Å². The number of benzene rings is 1. The van der Waals surface area contributed by atoms with E-state index in [1.54, 1.807) is 6.07 Å². The fraction of sp³-hybridized carbons (Fsp3) is 0.389. The van der Waals surface area contributed by atoms with Gasteiger partial charge in [-0.3, -0.25) is 4.79 Å². The normalized spacial score (nSPS) is 14.1. The first-order valence-electron chi connectivity index (χ1n) is 8.02. The Labute approximate surface area is 136 Å². The van der Waals surface area contributed by atoms with Crippen LogP contribution < -0.4 is 10.2 Å². The van der Waals surface area contributed by atoms with Crippen LogP contribution in [0.4, 0.5) is 11.6 Å². The maximum atomic E-state index is 12.6. The van der Waals surface area contributed by atoms with Crippen molar-refractivity contribution in [2.75, 3.05) is 23.3 Å². The highest BCUT2D eigenvalue weighted by atomic mass is 16.1. The highest BCUT2D eigenvalue weighted by molar-refractivity contribution is 6.03. The van der Waals surface area contributed by atoms with E-state index in [9.17, 15) is 4.79 Å². The van der Waals surface area contributed by atoms with Crippen LogP contribution in [0.1, 0.15) is 40.2 Å². The summed E-state index contributed by atoms with van der Waals surface area (Å²) in [5, 5.41) is 2.96. The fourth-order valence-electron chi connectivity index (χ4n) is 2.78. The van der Waals surface area contributed by atoms with Crippen molar-refractivity contribution in [2.45, 2.75) is 33.6 Å². The Morgan fingerprint density at radius 2 is 1.83 bits per heavy atom. The van der Waals surface area contributed by atoms with Crippen molar-refractivity contribution < 1.29 is 4.79 Å². The minimum Gasteiger partial charge on any atom is -0.341 e. The number of carbonyl (C=O) groups excluding carboxylic acids is 1. The van der Waals surface area contributed by atoms with Crippen molar-refractivity contribution in [3.8, 4) is 0 Å². The number of nitrogens with one attached hydrogen (secondary N) is 1. The monoisotopic (exact) mass is 310 g/mol. The summed E-state index contributed by atoms with van der Waals surface area (Å²) in [6, 6.07) is 7.75. The van der Waals surface area contributed by atoms with Gasteiger partial charge >= 0.3 is 0 Å². The van der Waals surface area contributed by atoms with E-state index in [2.05, 4.69) is 20.2 Å². The van der Waals surface area contributed by atoms with Gasteiger partial charge in [0.1, 0.15) is 5.69 Å². The third-order valence-electron chi connectivity index (χ3n) is 4.11. The molecule has 120 valence electrons. The predicted octanol–water partition coefficient (Wildman–Crippen LogP) is 3.25. The Hall–Kier alpha value is -2.43. The Morgan fingerprint density at radius 3 is 2.57 bits per heavy atom. The minimum atomic E-state index is -0.190. The minimum absolute atomic E-state index is 0.190. The lowest BCUT2D eigenvalue weighted by molar-refractivity contribution is 0.102. The van der Waals surface area contributed by atoms with E-state index in [1.165, 1.54) is 0 Å². The third kappa shape index (κ3) is 3.50. The van der Waals surface area contributed by atoms with E-state index in [0.29, 0.717) is 11.6 Å². The lowest BCUT2D eigenvalue weighted by Gasteiger charge is -2.16. The third-order valence-corrected chi connectivity index (χ3v) is 4.11. The smallest absolute Gasteiger partial charge is 0.274 e. The predicted molar refractivity (Wildman–Crippen MR) is 92.1 cm³/mol. The SMILES string of the molecule is Cc1ccc(C)c(NC(=O)c2cc(C)nc(N3CCCC3)n2)c1. The largest absolute Gasteiger partial charge is 0.341 e. The Morgan fingerprint density at radius 1 is 1.09 bits per heavy atom. The fourth-order valence-corrected chi connectivity index (χ4v) is 2.78. The van der Waals surface area contributed by atoms with Crippen molar-refractivity contribution in [1.82, 2.24) is 9.97 Å². The van der Waals surface area contributed by atoms with Gasteiger partial charge in [-0.25, -0.2) is 9.97 Å². The van der Waals surface area contributed by atoms with Crippen molar-refractivity contribution in [2.24, 2.45) is 0 Å². The average Bonchev–Trinajstić information content (AvgIpc) is 3.04. The molecule has 1 aliphatic rings. The van der Waals surface area contributed by atoms with Gasteiger partial charge in [-0.1, -0.05) is 12.1 Å². The molecule has 2 heterocycles. The van der Waals surface area contributed by atoms with E-state index in [1.807, 2.05) is 39.0 Å². The molecule has 1 aromatic heterocycles. The Balaban J connectivity index is 1.85. The second-order valence-electron chi connectivity index (χ2n) is 6.16. The molecule has 1 aliphatic heterocycles. The summed E-state index contributed by atoms with van der Waals surface area (Å²) in [5.74, 6) is 0.471. The topological polar surface area (TPSA) is 58.1 Å². The van der Waals surface area contributed by atoms with Crippen LogP contribution in [-0.4, -0.2) is 29.0 Å². The lowest BCUT2D eigenvalue weighted by atomic mass is 10.1. The molecule has 5 nitrogen and oxygen atoms in total. The molecule has 0 atom stereocenters. The number of hydrogen-bond acceptors (Lipinski definition) is 4. The van der Waals surface area contributed by atoms with Crippen LogP contribution >= 0.6 is 0 Å². The standard InChI is InChI=1S/C18H22N4O/c1-12-6-7-13(2)15(10-12)20-17(23)16-11-14(3)19-18(21-16)22-8-4-5-9-22/h6-7,10-11H,4-5,8-9H2,1-3H3,(H,20,23). The zero-order valence-corrected chi connectivity index (χ0v) is 13.9. The molecule has 1 amide bonds. The summed E-state index contributed by atoms with van der Waals surface area (Å²) in [5.41, 5.74) is 4.21. The van der Waals surface area contributed by atoms with Crippen molar-refractivity contribution >= 4 is 17.5 Å². The summed E-state index contributed by atoms with van der Waals surface area (Å²) in [6.07, 6.45) is 2.31. The molecular weight excluding hydrogens is 288 g/mol. The summed E-state index contributed by atoms with van der Waals surface area (Å²) >= 11 is 0. The first kappa shape index (κ1) is 15.5. The van der Waals surface area contributed by atoms with Gasteiger partial charge in [0, 0.05) is 24.5 Å². The highest BCUT2D eigenvalue weighted by Gasteiger charge is 2.18. The van der Waals surface area contributed by atoms with Gasteiger partial charge in [-0.15, -0.1) is 0 Å². The van der Waals surface area contributed by atoms with E-state index < -0.39 is 0 Å². The van der Waals surface area contributed by atoms with Crippen LogP contribution in [0.15, 0.2) is 24.3 Å². The number of amides is 1. The van der Waals surface area contributed by atoms with Gasteiger partial charge in [0.2, 0.25) is 5.95 Å². The molecule has 0 unspecified atom stereocenters. The molecule has 23 heavy (non-hydrogen) atoms. The molecule has 0 spiro atoms. The van der Waals surface area contributed by atoms with Crippen molar-refractivity contribution in [1.29, 1.82) is 0 Å². The molecule has 5 heteroatoms. The molecule has 3 rings (SSSR count). The average molecular weight is 310 g/mol. The van der Waals surface area contributed by atoms with E-state index in [-0.39, 0.29) is 5.91 Å². The molecule has 0 bridgehead atoms. The van der Waals surface area contributed by atoms with E-state index >= 15 is 0 Å². The summed E-state index contributed by atoms with van der Waals surface area (Å²) in [6.45, 7) is 7.81. The van der Waals surface area contributed by atoms with Gasteiger partial charge in [0.05, 0.1) is 0 Å². The molecule has 0 saturated carbocycles. The van der Waals surface area contributed by atoms with Gasteiger partial charge in [0.15, 0.2) is 0 Å². The number of aryl methyl sites for hydroxylation is 3. The number of hydrogen-bond donors (Lipinski definition) is 1. The van der Waals surface area contributed by atoms with Crippen LogP contribution in [0, 0.1) is 20.8 Å². The van der Waals surface area contributed by atoms with Gasteiger partial charge < -0.3 is 10.2 Å². The zero-order chi connectivity index (χ0) is 16.4. The van der Waals surface area contributed by atoms with Gasteiger partial charge in [-0.2, -0.15) is 0 Å². The highest BCUT2D eigenvalue weighted by Crippen LogP contribution is 2.19. The van der Waals surface area contributed by atoms with Crippen LogP contribution in [0.5, 0.6) is 0 Å². The first-order valence-corrected chi connectivity index (χ1v) is 8.02. The number of anilines is 2. The molecule has 0 radical (unpaired) electrons. The molecule has 1 N–H and O–H groups in total. The maximum Gasteiger partial charge on any atom is 0.274 e. The quantitative estimate of drug-likeness (QED) is 0.945. The molecule has 0 aliphatic carbocycles. The van der Waals surface area contributed by atoms with Crippen LogP contribution in [0.3, 0.4) is 0 Å². The number of nitrogens with zero attached hydrogens (tertiary/aromatic N) is 3. The van der Waals surface area contributed by atoms with Gasteiger partial charge in [-0.05, 0) is 56.9 Å². The second kappa shape index (κ2) is 6.36. The molecule has 1 fully saturated rings. The summed E-state index contributed by atoms with van der Waals surface area (Å²) in [7, 11) is 0. The molecular formula is C18H22N4O. The maximum absolute atomic E-state index is 12.6. The van der Waals surface area contributed by atoms with Crippen LogP contribution in [0.25, 0.3) is 0 Å². The van der Waals surface area contributed by atoms with E-state index in [0.717, 1.165) is 48.4 Å². The molecule has 1 saturated heterocycles. The molecule has 1 aromatic carbocycles. The lowest BCUT2D eigenvalue weighted by Crippen LogP contribution is -2.23. The second-order valence-corrected chi connectivity index (χ2v) is 6.16.